The molecule has 3 aromatic carbocycles. The van der Waals surface area contributed by atoms with E-state index in [9.17, 15) is 18.7 Å². The predicted octanol–water partition coefficient (Wildman–Crippen LogP) is 5.48. The first-order valence-corrected chi connectivity index (χ1v) is 10.4. The van der Waals surface area contributed by atoms with Gasteiger partial charge in [0.25, 0.3) is 0 Å². The Kier molecular flexibility index (Phi) is 7.00. The van der Waals surface area contributed by atoms with Gasteiger partial charge in [0.2, 0.25) is 0 Å². The van der Waals surface area contributed by atoms with E-state index in [0.717, 1.165) is 0 Å². The Morgan fingerprint density at radius 1 is 0.938 bits per heavy atom. The van der Waals surface area contributed by atoms with Crippen LogP contribution in [0.25, 0.3) is 33.3 Å². The standard InChI is InChI=1S/C23H15F2NO2.HO3P/c1-13-21(23(27)28)18-12-16(24)10-11-20(18)26-22(13)15-8-6-14(7-9-15)17-4-2-3-5-19(17)25;1-4(2)3/h2-12H,1H3,(H,27,28);(H-,1,2,3)/p+1. The molecule has 4 rings (SSSR count). The smallest absolute Gasteiger partial charge is 0.478 e. The molecule has 0 aliphatic rings. The van der Waals surface area contributed by atoms with Crippen molar-refractivity contribution in [2.75, 3.05) is 0 Å². The molecule has 0 fully saturated rings. The number of nitrogens with zero attached hydrogens (tertiary/aromatic N) is 1. The molecule has 1 aromatic heterocycles. The van der Waals surface area contributed by atoms with Crippen LogP contribution in [0.2, 0.25) is 0 Å². The van der Waals surface area contributed by atoms with Crippen molar-refractivity contribution in [3.8, 4) is 22.4 Å². The molecule has 6 nitrogen and oxygen atoms in total. The maximum absolute atomic E-state index is 14.0. The minimum absolute atomic E-state index is 0.0256. The van der Waals surface area contributed by atoms with Crippen molar-refractivity contribution < 1.29 is 33.0 Å². The molecule has 0 spiro atoms. The van der Waals surface area contributed by atoms with Gasteiger partial charge in [-0.3, -0.25) is 0 Å². The molecular weight excluding hydrogens is 439 g/mol. The largest absolute Gasteiger partial charge is 0.692 e. The molecule has 32 heavy (non-hydrogen) atoms. The number of hydrogen-bond acceptors (Lipinski definition) is 3. The lowest BCUT2D eigenvalue weighted by atomic mass is 9.96. The quantitative estimate of drug-likeness (QED) is 0.352. The summed E-state index contributed by atoms with van der Waals surface area (Å²) in [5, 5.41) is 9.92. The lowest BCUT2D eigenvalue weighted by Gasteiger charge is -2.13. The number of benzene rings is 3. The number of halogens is 2. The summed E-state index contributed by atoms with van der Waals surface area (Å²) in [7, 11) is -2.87. The molecule has 0 saturated carbocycles. The number of carboxylic acid groups (broad SMARTS) is 1. The van der Waals surface area contributed by atoms with Gasteiger partial charge in [-0.25, -0.2) is 18.6 Å². The van der Waals surface area contributed by atoms with E-state index < -0.39 is 20.0 Å². The van der Waals surface area contributed by atoms with Gasteiger partial charge in [-0.05, 0) is 42.3 Å². The Balaban J connectivity index is 0.000000668. The van der Waals surface area contributed by atoms with Crippen molar-refractivity contribution in [3.05, 3.63) is 89.5 Å². The van der Waals surface area contributed by atoms with Crippen molar-refractivity contribution in [1.82, 2.24) is 4.98 Å². The fourth-order valence-electron chi connectivity index (χ4n) is 3.39. The number of fused-ring (bicyclic) bond motifs is 1. The number of aromatic nitrogens is 1. The molecule has 3 N–H and O–H groups in total. The summed E-state index contributed by atoms with van der Waals surface area (Å²) >= 11 is 0. The van der Waals surface area contributed by atoms with Gasteiger partial charge in [-0.2, -0.15) is 0 Å². The van der Waals surface area contributed by atoms with Gasteiger partial charge in [0.15, 0.2) is 0 Å². The van der Waals surface area contributed by atoms with E-state index in [1.165, 1.54) is 24.3 Å². The lowest BCUT2D eigenvalue weighted by molar-refractivity contribution is 0.0698. The Morgan fingerprint density at radius 2 is 1.53 bits per heavy atom. The SMILES string of the molecule is Cc1c(-c2ccc(-c3ccccc3F)cc2)nc2ccc(F)cc2c1C(=O)O.O=[P+](O)O. The minimum atomic E-state index is -2.87. The molecule has 9 heteroatoms. The Labute approximate surface area is 182 Å². The van der Waals surface area contributed by atoms with Crippen molar-refractivity contribution in [1.29, 1.82) is 0 Å². The van der Waals surface area contributed by atoms with Gasteiger partial charge >= 0.3 is 14.2 Å². The van der Waals surface area contributed by atoms with Crippen molar-refractivity contribution in [2.45, 2.75) is 6.92 Å². The van der Waals surface area contributed by atoms with Crippen LogP contribution in [-0.2, 0) is 4.57 Å². The summed E-state index contributed by atoms with van der Waals surface area (Å²) in [5.41, 5.74) is 3.27. The van der Waals surface area contributed by atoms with Crippen molar-refractivity contribution in [3.63, 3.8) is 0 Å². The molecule has 0 bridgehead atoms. The van der Waals surface area contributed by atoms with Crippen LogP contribution in [0.15, 0.2) is 66.7 Å². The van der Waals surface area contributed by atoms with Crippen LogP contribution in [0, 0.1) is 18.6 Å². The highest BCUT2D eigenvalue weighted by Crippen LogP contribution is 2.32. The fraction of sp³-hybridized carbons (Fsp3) is 0.0435. The summed E-state index contributed by atoms with van der Waals surface area (Å²) in [6.07, 6.45) is 0. The molecular formula is C23H17F2NO5P+. The maximum atomic E-state index is 14.0. The zero-order valence-electron chi connectivity index (χ0n) is 16.7. The summed E-state index contributed by atoms with van der Waals surface area (Å²) in [5.74, 6) is -1.97. The number of carbonyl (C=O) groups is 1. The molecule has 0 aliphatic carbocycles. The number of aromatic carboxylic acids is 1. The number of rotatable bonds is 3. The normalized spacial score (nSPS) is 10.4. The second-order valence-corrected chi connectivity index (χ2v) is 7.24. The third-order valence-corrected chi connectivity index (χ3v) is 4.75. The topological polar surface area (TPSA) is 108 Å². The van der Waals surface area contributed by atoms with Gasteiger partial charge in [0.05, 0.1) is 16.8 Å². The summed E-state index contributed by atoms with van der Waals surface area (Å²) in [4.78, 5) is 30.6. The monoisotopic (exact) mass is 456 g/mol. The van der Waals surface area contributed by atoms with Gasteiger partial charge < -0.3 is 5.11 Å². The molecule has 0 unspecified atom stereocenters. The van der Waals surface area contributed by atoms with E-state index in [-0.39, 0.29) is 16.8 Å². The molecule has 0 amide bonds. The zero-order valence-corrected chi connectivity index (χ0v) is 17.6. The first-order valence-electron chi connectivity index (χ1n) is 9.22. The van der Waals surface area contributed by atoms with Gasteiger partial charge in [-0.1, -0.05) is 42.5 Å². The van der Waals surface area contributed by atoms with E-state index in [4.69, 9.17) is 14.4 Å². The highest BCUT2D eigenvalue weighted by Gasteiger charge is 2.19. The molecule has 0 saturated heterocycles. The molecule has 0 radical (unpaired) electrons. The maximum Gasteiger partial charge on any atom is 0.692 e. The Bertz CT molecular complexity index is 1320. The second kappa shape index (κ2) is 9.70. The van der Waals surface area contributed by atoms with Crippen LogP contribution in [0.1, 0.15) is 15.9 Å². The number of pyridine rings is 1. The van der Waals surface area contributed by atoms with E-state index in [2.05, 4.69) is 4.98 Å². The Hall–Kier alpha value is -3.58. The van der Waals surface area contributed by atoms with Gasteiger partial charge in [0, 0.05) is 21.1 Å². The highest BCUT2D eigenvalue weighted by atomic mass is 31.1. The lowest BCUT2D eigenvalue weighted by Crippen LogP contribution is -2.05. The molecule has 4 aromatic rings. The van der Waals surface area contributed by atoms with Crippen LogP contribution in [0.3, 0.4) is 0 Å². The summed E-state index contributed by atoms with van der Waals surface area (Å²) in [6.45, 7) is 1.65. The number of carboxylic acids is 1. The van der Waals surface area contributed by atoms with E-state index >= 15 is 0 Å². The average Bonchev–Trinajstić information content (AvgIpc) is 2.73. The van der Waals surface area contributed by atoms with Gasteiger partial charge in [-0.15, -0.1) is 9.79 Å². The fourth-order valence-corrected chi connectivity index (χ4v) is 3.39. The third kappa shape index (κ3) is 5.00. The van der Waals surface area contributed by atoms with Crippen LogP contribution in [0.5, 0.6) is 0 Å². The summed E-state index contributed by atoms with van der Waals surface area (Å²) < 4.78 is 36.3. The first kappa shape index (κ1) is 23.1. The first-order chi connectivity index (χ1) is 15.2. The predicted molar refractivity (Wildman–Crippen MR) is 116 cm³/mol. The minimum Gasteiger partial charge on any atom is -0.478 e. The Morgan fingerprint density at radius 3 is 2.12 bits per heavy atom. The van der Waals surface area contributed by atoms with Crippen LogP contribution >= 0.6 is 8.25 Å². The van der Waals surface area contributed by atoms with E-state index in [0.29, 0.717) is 33.5 Å². The molecule has 0 atom stereocenters. The third-order valence-electron chi connectivity index (χ3n) is 4.75. The average molecular weight is 456 g/mol. The molecule has 1 heterocycles. The van der Waals surface area contributed by atoms with E-state index in [1.807, 2.05) is 0 Å². The van der Waals surface area contributed by atoms with Gasteiger partial charge in [0.1, 0.15) is 11.6 Å². The highest BCUT2D eigenvalue weighted by molar-refractivity contribution is 7.30. The van der Waals surface area contributed by atoms with E-state index in [1.54, 1.807) is 49.4 Å². The second-order valence-electron chi connectivity index (χ2n) is 6.74. The molecule has 0 aliphatic heterocycles. The zero-order chi connectivity index (χ0) is 23.4. The van der Waals surface area contributed by atoms with Crippen LogP contribution < -0.4 is 0 Å². The summed E-state index contributed by atoms with van der Waals surface area (Å²) in [6, 6.07) is 17.5. The van der Waals surface area contributed by atoms with Crippen molar-refractivity contribution >= 4 is 25.1 Å². The van der Waals surface area contributed by atoms with Crippen LogP contribution in [-0.4, -0.2) is 25.8 Å². The molecule has 162 valence electrons. The van der Waals surface area contributed by atoms with Crippen LogP contribution in [0.4, 0.5) is 8.78 Å². The number of hydrogen-bond donors (Lipinski definition) is 3. The van der Waals surface area contributed by atoms with Crippen molar-refractivity contribution in [2.24, 2.45) is 0 Å².